The lowest BCUT2D eigenvalue weighted by Crippen LogP contribution is -2.47. The average molecular weight is 288 g/mol. The van der Waals surface area contributed by atoms with Gasteiger partial charge in [0.05, 0.1) is 0 Å². The Bertz CT molecular complexity index is 308. The van der Waals surface area contributed by atoms with E-state index in [0.717, 1.165) is 39.1 Å². The number of carbonyl (C=O) groups excluding carboxylic acids is 1. The van der Waals surface area contributed by atoms with Gasteiger partial charge in [-0.25, -0.2) is 9.59 Å². The molecule has 0 bridgehead atoms. The van der Waals surface area contributed by atoms with Crippen molar-refractivity contribution in [3.8, 4) is 0 Å². The van der Waals surface area contributed by atoms with E-state index in [9.17, 15) is 9.59 Å². The molecule has 5 N–H and O–H groups in total. The van der Waals surface area contributed by atoms with Crippen LogP contribution in [0.2, 0.25) is 0 Å². The number of hydrogen-bond donors (Lipinski definition) is 5. The molecule has 0 aromatic rings. The number of aliphatic carboxylic acids is 1. The molecular weight excluding hydrogens is 264 g/mol. The lowest BCUT2D eigenvalue weighted by atomic mass is 10.2. The molecule has 20 heavy (non-hydrogen) atoms. The van der Waals surface area contributed by atoms with Gasteiger partial charge in [0.15, 0.2) is 0 Å². The predicted octanol–water partition coefficient (Wildman–Crippen LogP) is -1.58. The molecule has 0 unspecified atom stereocenters. The molecule has 0 saturated carbocycles. The number of carbonyl (C=O) groups is 2. The highest BCUT2D eigenvalue weighted by Gasteiger charge is 2.18. The molecule has 8 nitrogen and oxygen atoms in total. The summed E-state index contributed by atoms with van der Waals surface area (Å²) < 4.78 is 0. The molecule has 0 aromatic heterocycles. The second-order valence-electron chi connectivity index (χ2n) is 4.75. The van der Waals surface area contributed by atoms with Crippen LogP contribution < -0.4 is 16.0 Å². The summed E-state index contributed by atoms with van der Waals surface area (Å²) in [6, 6.07) is -1.56. The number of nitrogens with zero attached hydrogens (tertiary/aromatic N) is 1. The highest BCUT2D eigenvalue weighted by molar-refractivity contribution is 5.82. The SMILES string of the molecule is O=C(NCCCN1CCNCC1)N[C@@H](CCO)C(=O)O. The Balaban J connectivity index is 2.10. The highest BCUT2D eigenvalue weighted by atomic mass is 16.4. The zero-order valence-electron chi connectivity index (χ0n) is 11.6. The Morgan fingerprint density at radius 2 is 2.00 bits per heavy atom. The van der Waals surface area contributed by atoms with Gasteiger partial charge in [-0.05, 0) is 13.0 Å². The number of aliphatic hydroxyl groups is 1. The van der Waals surface area contributed by atoms with Crippen LogP contribution in [0.4, 0.5) is 4.79 Å². The number of carboxylic acid groups (broad SMARTS) is 1. The summed E-state index contributed by atoms with van der Waals surface area (Å²) in [6.45, 7) is 5.17. The highest BCUT2D eigenvalue weighted by Crippen LogP contribution is 1.94. The van der Waals surface area contributed by atoms with Gasteiger partial charge < -0.3 is 31.1 Å². The van der Waals surface area contributed by atoms with E-state index in [1.165, 1.54) is 0 Å². The molecule has 1 heterocycles. The van der Waals surface area contributed by atoms with E-state index in [2.05, 4.69) is 20.9 Å². The van der Waals surface area contributed by atoms with Crippen molar-refractivity contribution in [3.63, 3.8) is 0 Å². The van der Waals surface area contributed by atoms with E-state index in [0.29, 0.717) is 6.54 Å². The van der Waals surface area contributed by atoms with Crippen LogP contribution in [0.5, 0.6) is 0 Å². The number of urea groups is 1. The molecule has 1 fully saturated rings. The zero-order valence-corrected chi connectivity index (χ0v) is 11.6. The first kappa shape index (κ1) is 16.7. The van der Waals surface area contributed by atoms with Crippen LogP contribution in [0.1, 0.15) is 12.8 Å². The molecule has 0 aliphatic carbocycles. The molecule has 1 atom stereocenters. The van der Waals surface area contributed by atoms with Crippen molar-refractivity contribution in [2.24, 2.45) is 0 Å². The summed E-state index contributed by atoms with van der Waals surface area (Å²) in [5.41, 5.74) is 0. The van der Waals surface area contributed by atoms with Crippen LogP contribution >= 0.6 is 0 Å². The number of carboxylic acids is 1. The van der Waals surface area contributed by atoms with E-state index in [1.807, 2.05) is 0 Å². The quantitative estimate of drug-likeness (QED) is 0.344. The summed E-state index contributed by atoms with van der Waals surface area (Å²) in [5.74, 6) is -1.14. The minimum Gasteiger partial charge on any atom is -0.480 e. The smallest absolute Gasteiger partial charge is 0.326 e. The van der Waals surface area contributed by atoms with Crippen LogP contribution in [0.3, 0.4) is 0 Å². The summed E-state index contributed by atoms with van der Waals surface area (Å²) in [7, 11) is 0. The summed E-state index contributed by atoms with van der Waals surface area (Å²) in [5, 5.41) is 25.8. The van der Waals surface area contributed by atoms with Crippen LogP contribution in [0.15, 0.2) is 0 Å². The van der Waals surface area contributed by atoms with Gasteiger partial charge in [0.1, 0.15) is 6.04 Å². The molecule has 8 heteroatoms. The number of amides is 2. The lowest BCUT2D eigenvalue weighted by molar-refractivity contribution is -0.139. The maximum absolute atomic E-state index is 11.5. The van der Waals surface area contributed by atoms with E-state index < -0.39 is 18.0 Å². The van der Waals surface area contributed by atoms with E-state index >= 15 is 0 Å². The van der Waals surface area contributed by atoms with Gasteiger partial charge in [-0.3, -0.25) is 0 Å². The van der Waals surface area contributed by atoms with Crippen LogP contribution in [-0.4, -0.2) is 79.0 Å². The molecule has 116 valence electrons. The van der Waals surface area contributed by atoms with Gasteiger partial charge in [-0.2, -0.15) is 0 Å². The molecule has 0 radical (unpaired) electrons. The van der Waals surface area contributed by atoms with Crippen LogP contribution in [0, 0.1) is 0 Å². The monoisotopic (exact) mass is 288 g/mol. The van der Waals surface area contributed by atoms with Crippen molar-refractivity contribution in [1.29, 1.82) is 0 Å². The molecule has 1 rings (SSSR count). The minimum absolute atomic E-state index is 0.00350. The minimum atomic E-state index is -1.14. The summed E-state index contributed by atoms with van der Waals surface area (Å²) in [4.78, 5) is 24.6. The van der Waals surface area contributed by atoms with Gasteiger partial charge in [0.2, 0.25) is 0 Å². The molecule has 1 aliphatic heterocycles. The van der Waals surface area contributed by atoms with Crippen molar-refractivity contribution in [2.75, 3.05) is 45.9 Å². The predicted molar refractivity (Wildman–Crippen MR) is 73.6 cm³/mol. The van der Waals surface area contributed by atoms with Crippen LogP contribution in [-0.2, 0) is 4.79 Å². The van der Waals surface area contributed by atoms with Gasteiger partial charge in [-0.1, -0.05) is 0 Å². The molecule has 1 saturated heterocycles. The first-order valence-corrected chi connectivity index (χ1v) is 6.94. The van der Waals surface area contributed by atoms with Crippen molar-refractivity contribution in [3.05, 3.63) is 0 Å². The Kier molecular flexibility index (Phi) is 7.93. The first-order valence-electron chi connectivity index (χ1n) is 6.94. The normalized spacial score (nSPS) is 17.4. The fourth-order valence-corrected chi connectivity index (χ4v) is 2.04. The maximum atomic E-state index is 11.5. The van der Waals surface area contributed by atoms with Crippen molar-refractivity contribution < 1.29 is 19.8 Å². The molecule has 0 spiro atoms. The number of rotatable bonds is 8. The zero-order chi connectivity index (χ0) is 14.8. The fourth-order valence-electron chi connectivity index (χ4n) is 2.04. The topological polar surface area (TPSA) is 114 Å². The third-order valence-corrected chi connectivity index (χ3v) is 3.17. The average Bonchev–Trinajstić information content (AvgIpc) is 2.44. The molecular formula is C12H24N4O4. The Morgan fingerprint density at radius 3 is 2.60 bits per heavy atom. The Hall–Kier alpha value is -1.38. The Labute approximate surface area is 118 Å². The van der Waals surface area contributed by atoms with E-state index in [1.54, 1.807) is 0 Å². The fraction of sp³-hybridized carbons (Fsp3) is 0.833. The van der Waals surface area contributed by atoms with Crippen LogP contribution in [0.25, 0.3) is 0 Å². The van der Waals surface area contributed by atoms with Crippen molar-refractivity contribution in [2.45, 2.75) is 18.9 Å². The van der Waals surface area contributed by atoms with E-state index in [-0.39, 0.29) is 13.0 Å². The largest absolute Gasteiger partial charge is 0.480 e. The Morgan fingerprint density at radius 1 is 1.30 bits per heavy atom. The molecule has 1 aliphatic rings. The second kappa shape index (κ2) is 9.51. The van der Waals surface area contributed by atoms with Crippen molar-refractivity contribution in [1.82, 2.24) is 20.9 Å². The third kappa shape index (κ3) is 6.69. The van der Waals surface area contributed by atoms with Gasteiger partial charge in [-0.15, -0.1) is 0 Å². The first-order chi connectivity index (χ1) is 9.63. The van der Waals surface area contributed by atoms with Crippen molar-refractivity contribution >= 4 is 12.0 Å². The lowest BCUT2D eigenvalue weighted by Gasteiger charge is -2.27. The number of hydrogen-bond acceptors (Lipinski definition) is 5. The van der Waals surface area contributed by atoms with Gasteiger partial charge in [0.25, 0.3) is 0 Å². The third-order valence-electron chi connectivity index (χ3n) is 3.17. The molecule has 2 amide bonds. The standard InChI is InChI=1S/C12H24N4O4/c17-9-2-10(11(18)19)15-12(20)14-3-1-6-16-7-4-13-5-8-16/h10,13,17H,1-9H2,(H,18,19)(H2,14,15,20)/t10-/m0/s1. The number of aliphatic hydroxyl groups excluding tert-OH is 1. The van der Waals surface area contributed by atoms with Gasteiger partial charge in [0, 0.05) is 45.8 Å². The summed E-state index contributed by atoms with van der Waals surface area (Å²) in [6.07, 6.45) is 0.828. The molecule has 0 aromatic carbocycles. The van der Waals surface area contributed by atoms with E-state index in [4.69, 9.17) is 10.2 Å². The number of piperazine rings is 1. The summed E-state index contributed by atoms with van der Waals surface area (Å²) >= 11 is 0. The maximum Gasteiger partial charge on any atom is 0.326 e. The second-order valence-corrected chi connectivity index (χ2v) is 4.75. The number of nitrogens with one attached hydrogen (secondary N) is 3. The van der Waals surface area contributed by atoms with Gasteiger partial charge >= 0.3 is 12.0 Å².